The number of anilines is 1. The lowest BCUT2D eigenvalue weighted by Crippen LogP contribution is -2.62. The number of ether oxygens (including phenoxy) is 1. The van der Waals surface area contributed by atoms with Gasteiger partial charge in [-0.15, -0.1) is 0 Å². The van der Waals surface area contributed by atoms with Crippen LogP contribution in [-0.4, -0.2) is 56.2 Å². The van der Waals surface area contributed by atoms with Gasteiger partial charge in [0, 0.05) is 37.9 Å². The highest BCUT2D eigenvalue weighted by atomic mass is 16.5. The summed E-state index contributed by atoms with van der Waals surface area (Å²) in [5.41, 5.74) is 3.87. The second-order valence-corrected chi connectivity index (χ2v) is 9.52. The molecule has 1 saturated carbocycles. The molecule has 0 bridgehead atoms. The van der Waals surface area contributed by atoms with Crippen LogP contribution in [0.5, 0.6) is 5.75 Å². The maximum Gasteiger partial charge on any atom is 0.225 e. The van der Waals surface area contributed by atoms with Gasteiger partial charge >= 0.3 is 0 Å². The summed E-state index contributed by atoms with van der Waals surface area (Å²) in [5, 5.41) is 3.26. The minimum Gasteiger partial charge on any atom is -0.497 e. The van der Waals surface area contributed by atoms with Crippen molar-refractivity contribution >= 4 is 11.6 Å². The van der Waals surface area contributed by atoms with E-state index in [-0.39, 0.29) is 17.9 Å². The van der Waals surface area contributed by atoms with Crippen LogP contribution >= 0.6 is 0 Å². The smallest absolute Gasteiger partial charge is 0.225 e. The van der Waals surface area contributed by atoms with Crippen LogP contribution in [-0.2, 0) is 17.6 Å². The number of nitrogens with zero attached hydrogens (tertiary/aromatic N) is 2. The number of methoxy groups -OCH3 is 1. The van der Waals surface area contributed by atoms with Crippen molar-refractivity contribution in [1.29, 1.82) is 0 Å². The van der Waals surface area contributed by atoms with E-state index in [1.165, 1.54) is 42.5 Å². The molecule has 2 aliphatic heterocycles. The third kappa shape index (κ3) is 4.36. The van der Waals surface area contributed by atoms with Gasteiger partial charge in [0.15, 0.2) is 0 Å². The Balaban J connectivity index is 1.27. The summed E-state index contributed by atoms with van der Waals surface area (Å²) in [4.78, 5) is 18.6. The van der Waals surface area contributed by atoms with Crippen LogP contribution in [0.25, 0.3) is 0 Å². The van der Waals surface area contributed by atoms with Crippen LogP contribution < -0.4 is 15.0 Å². The van der Waals surface area contributed by atoms with E-state index in [0.29, 0.717) is 12.6 Å². The first kappa shape index (κ1) is 21.3. The molecule has 5 rings (SSSR count). The second kappa shape index (κ2) is 9.53. The number of carbonyl (C=O) groups excluding carboxylic acids is 1. The Bertz CT molecular complexity index is 923. The van der Waals surface area contributed by atoms with Gasteiger partial charge in [-0.25, -0.2) is 0 Å². The maximum absolute atomic E-state index is 13.4. The number of para-hydroxylation sites is 1. The van der Waals surface area contributed by atoms with Crippen molar-refractivity contribution in [2.75, 3.05) is 38.2 Å². The molecule has 170 valence electrons. The second-order valence-electron chi connectivity index (χ2n) is 9.52. The Morgan fingerprint density at radius 3 is 2.62 bits per heavy atom. The minimum absolute atomic E-state index is 0.00460. The van der Waals surface area contributed by atoms with Gasteiger partial charge in [-0.3, -0.25) is 9.69 Å². The van der Waals surface area contributed by atoms with E-state index in [9.17, 15) is 4.79 Å². The molecule has 1 saturated heterocycles. The number of carbonyl (C=O) groups is 1. The molecule has 32 heavy (non-hydrogen) atoms. The van der Waals surface area contributed by atoms with Gasteiger partial charge in [-0.05, 0) is 55.0 Å². The van der Waals surface area contributed by atoms with Gasteiger partial charge in [0.1, 0.15) is 5.75 Å². The predicted molar refractivity (Wildman–Crippen MR) is 128 cm³/mol. The number of benzene rings is 2. The third-order valence-corrected chi connectivity index (χ3v) is 7.71. The summed E-state index contributed by atoms with van der Waals surface area (Å²) in [6, 6.07) is 17.8. The number of rotatable bonds is 6. The van der Waals surface area contributed by atoms with Crippen molar-refractivity contribution in [3.8, 4) is 5.75 Å². The van der Waals surface area contributed by atoms with Crippen LogP contribution in [0.15, 0.2) is 48.5 Å². The van der Waals surface area contributed by atoms with Crippen molar-refractivity contribution in [1.82, 2.24) is 10.2 Å². The first-order chi connectivity index (χ1) is 15.7. The Morgan fingerprint density at radius 1 is 1.06 bits per heavy atom. The summed E-state index contributed by atoms with van der Waals surface area (Å²) in [6.07, 6.45) is 7.03. The molecule has 2 atom stereocenters. The summed E-state index contributed by atoms with van der Waals surface area (Å²) < 4.78 is 5.24. The first-order valence-electron chi connectivity index (χ1n) is 12.2. The average Bonchev–Trinajstić information content (AvgIpc) is 3.38. The van der Waals surface area contributed by atoms with Crippen LogP contribution in [0.3, 0.4) is 0 Å². The lowest BCUT2D eigenvalue weighted by atomic mass is 9.83. The summed E-state index contributed by atoms with van der Waals surface area (Å²) in [6.45, 7) is 3.81. The molecule has 2 aromatic carbocycles. The van der Waals surface area contributed by atoms with Gasteiger partial charge in [0.25, 0.3) is 0 Å². The van der Waals surface area contributed by atoms with Crippen LogP contribution in [0.2, 0.25) is 0 Å². The molecule has 5 heteroatoms. The topological polar surface area (TPSA) is 44.8 Å². The summed E-state index contributed by atoms with van der Waals surface area (Å²) >= 11 is 0. The molecule has 5 nitrogen and oxygen atoms in total. The third-order valence-electron chi connectivity index (χ3n) is 7.71. The number of hydrogen-bond donors (Lipinski definition) is 1. The van der Waals surface area contributed by atoms with E-state index in [2.05, 4.69) is 51.5 Å². The molecule has 3 aliphatic rings. The highest BCUT2D eigenvalue weighted by molar-refractivity contribution is 5.82. The zero-order valence-electron chi connectivity index (χ0n) is 19.1. The molecule has 2 aromatic rings. The Morgan fingerprint density at radius 2 is 1.84 bits per heavy atom. The lowest BCUT2D eigenvalue weighted by Gasteiger charge is -2.50. The minimum atomic E-state index is 0.00460. The van der Waals surface area contributed by atoms with Gasteiger partial charge in [-0.2, -0.15) is 0 Å². The van der Waals surface area contributed by atoms with E-state index in [4.69, 9.17) is 4.74 Å². The van der Waals surface area contributed by atoms with E-state index < -0.39 is 0 Å². The number of amides is 1. The quantitative estimate of drug-likeness (QED) is 0.755. The zero-order valence-corrected chi connectivity index (χ0v) is 19.1. The molecule has 1 aliphatic carbocycles. The molecule has 2 unspecified atom stereocenters. The van der Waals surface area contributed by atoms with Crippen molar-refractivity contribution in [3.05, 3.63) is 59.7 Å². The van der Waals surface area contributed by atoms with Crippen LogP contribution in [0, 0.1) is 5.92 Å². The van der Waals surface area contributed by atoms with E-state index in [0.717, 1.165) is 38.2 Å². The molecule has 1 amide bonds. The molecule has 2 fully saturated rings. The van der Waals surface area contributed by atoms with E-state index >= 15 is 0 Å². The maximum atomic E-state index is 13.4. The number of nitrogens with one attached hydrogen (secondary N) is 1. The van der Waals surface area contributed by atoms with Crippen LogP contribution in [0.4, 0.5) is 5.69 Å². The average molecular weight is 434 g/mol. The van der Waals surface area contributed by atoms with E-state index in [1.54, 1.807) is 7.11 Å². The van der Waals surface area contributed by atoms with Gasteiger partial charge in [-0.1, -0.05) is 43.2 Å². The lowest BCUT2D eigenvalue weighted by molar-refractivity contribution is -0.126. The summed E-state index contributed by atoms with van der Waals surface area (Å²) in [5.74, 6) is 1.07. The molecule has 2 heterocycles. The number of hydrogen-bond acceptors (Lipinski definition) is 4. The largest absolute Gasteiger partial charge is 0.497 e. The highest BCUT2D eigenvalue weighted by Crippen LogP contribution is 2.37. The highest BCUT2D eigenvalue weighted by Gasteiger charge is 2.42. The molecule has 0 radical (unpaired) electrons. The molecular formula is C27H35N3O2. The fourth-order valence-corrected chi connectivity index (χ4v) is 5.93. The fraction of sp³-hybridized carbons (Fsp3) is 0.519. The Labute approximate surface area is 191 Å². The Hall–Kier alpha value is -2.53. The standard InChI is InChI=1S/C27H35N3O2/c1-32-23-12-10-20(11-13-23)14-15-28-27(31)24-18-21-6-2-5-9-25(21)30-17-16-29(19-26(24)30)22-7-3-4-8-22/h2,5-6,9-13,22,24,26H,3-4,7-8,14-19H2,1H3,(H,28,31). The van der Waals surface area contributed by atoms with Gasteiger partial charge in [0.2, 0.25) is 5.91 Å². The fourth-order valence-electron chi connectivity index (χ4n) is 5.93. The van der Waals surface area contributed by atoms with Gasteiger partial charge in [0.05, 0.1) is 19.1 Å². The van der Waals surface area contributed by atoms with Crippen molar-refractivity contribution in [3.63, 3.8) is 0 Å². The van der Waals surface area contributed by atoms with Gasteiger partial charge < -0.3 is 15.0 Å². The number of piperazine rings is 1. The van der Waals surface area contributed by atoms with Crippen molar-refractivity contribution in [2.45, 2.75) is 50.6 Å². The van der Waals surface area contributed by atoms with E-state index in [1.807, 2.05) is 12.1 Å². The van der Waals surface area contributed by atoms with Crippen molar-refractivity contribution < 1.29 is 9.53 Å². The monoisotopic (exact) mass is 433 g/mol. The SMILES string of the molecule is COc1ccc(CCNC(=O)C2Cc3ccccc3N3CCN(C4CCCC4)CC23)cc1. The predicted octanol–water partition coefficient (Wildman–Crippen LogP) is 3.66. The molecule has 0 spiro atoms. The molecule has 1 N–H and O–H groups in total. The normalized spacial score (nSPS) is 23.5. The zero-order chi connectivity index (χ0) is 21.9. The molecule has 0 aromatic heterocycles. The number of fused-ring (bicyclic) bond motifs is 3. The summed E-state index contributed by atoms with van der Waals surface area (Å²) in [7, 11) is 1.68. The van der Waals surface area contributed by atoms with Crippen LogP contribution in [0.1, 0.15) is 36.8 Å². The Kier molecular flexibility index (Phi) is 6.35. The first-order valence-corrected chi connectivity index (χ1v) is 12.2. The van der Waals surface area contributed by atoms with Crippen molar-refractivity contribution in [2.24, 2.45) is 5.92 Å². The molecular weight excluding hydrogens is 398 g/mol.